The molecule has 2 aromatic heterocycles. The van der Waals surface area contributed by atoms with Crippen molar-refractivity contribution in [3.05, 3.63) is 35.3 Å². The Hall–Kier alpha value is -1.88. The Morgan fingerprint density at radius 1 is 1.44 bits per heavy atom. The van der Waals surface area contributed by atoms with Crippen LogP contribution in [0.1, 0.15) is 9.67 Å². The molecule has 0 radical (unpaired) electrons. The number of nitrogens with zero attached hydrogens (tertiary/aromatic N) is 1. The molecule has 0 spiro atoms. The number of carboxylic acids is 1. The normalized spacial score (nSPS) is 10.1. The summed E-state index contributed by atoms with van der Waals surface area (Å²) in [6.45, 7) is 0. The molecule has 2 heterocycles. The highest BCUT2D eigenvalue weighted by molar-refractivity contribution is 7.17. The summed E-state index contributed by atoms with van der Waals surface area (Å²) >= 11 is 1.23. The highest BCUT2D eigenvalue weighted by Gasteiger charge is 2.08. The molecular formula is C11H9NO3S. The summed E-state index contributed by atoms with van der Waals surface area (Å²) in [7, 11) is 1.54. The number of rotatable bonds is 3. The minimum atomic E-state index is -0.905. The zero-order chi connectivity index (χ0) is 11.5. The second kappa shape index (κ2) is 4.32. The van der Waals surface area contributed by atoms with E-state index in [1.54, 1.807) is 31.5 Å². The molecule has 4 nitrogen and oxygen atoms in total. The van der Waals surface area contributed by atoms with Crippen molar-refractivity contribution in [1.82, 2.24) is 4.98 Å². The number of aromatic carboxylic acids is 1. The Morgan fingerprint density at radius 2 is 2.25 bits per heavy atom. The van der Waals surface area contributed by atoms with E-state index in [1.165, 1.54) is 11.3 Å². The molecular weight excluding hydrogens is 226 g/mol. The van der Waals surface area contributed by atoms with Crippen LogP contribution in [0.3, 0.4) is 0 Å². The monoisotopic (exact) mass is 235 g/mol. The van der Waals surface area contributed by atoms with Gasteiger partial charge in [-0.05, 0) is 23.8 Å². The average Bonchev–Trinajstić information content (AvgIpc) is 2.78. The van der Waals surface area contributed by atoms with Gasteiger partial charge in [0, 0.05) is 17.1 Å². The van der Waals surface area contributed by atoms with Crippen molar-refractivity contribution >= 4 is 17.3 Å². The summed E-state index contributed by atoms with van der Waals surface area (Å²) in [5.41, 5.74) is 0.907. The van der Waals surface area contributed by atoms with Crippen molar-refractivity contribution < 1.29 is 14.6 Å². The van der Waals surface area contributed by atoms with Gasteiger partial charge in [0.05, 0.1) is 7.11 Å². The molecule has 0 amide bonds. The number of pyridine rings is 1. The van der Waals surface area contributed by atoms with Crippen LogP contribution in [0.15, 0.2) is 30.5 Å². The number of methoxy groups -OCH3 is 1. The Bertz CT molecular complexity index is 521. The van der Waals surface area contributed by atoms with Gasteiger partial charge in [0.1, 0.15) is 4.88 Å². The van der Waals surface area contributed by atoms with Crippen LogP contribution in [0.25, 0.3) is 10.4 Å². The Kier molecular flexibility index (Phi) is 2.87. The average molecular weight is 235 g/mol. The summed E-state index contributed by atoms with van der Waals surface area (Å²) in [6, 6.07) is 6.97. The molecule has 16 heavy (non-hydrogen) atoms. The van der Waals surface area contributed by atoms with Crippen molar-refractivity contribution in [2.45, 2.75) is 0 Å². The summed E-state index contributed by atoms with van der Waals surface area (Å²) < 4.78 is 5.01. The minimum Gasteiger partial charge on any atom is -0.481 e. The third kappa shape index (κ3) is 2.04. The fourth-order valence-corrected chi connectivity index (χ4v) is 2.12. The molecule has 0 bridgehead atoms. The Morgan fingerprint density at radius 3 is 2.88 bits per heavy atom. The lowest BCUT2D eigenvalue weighted by molar-refractivity contribution is 0.0702. The molecule has 0 aromatic carbocycles. The molecule has 0 unspecified atom stereocenters. The van der Waals surface area contributed by atoms with Crippen molar-refractivity contribution in [2.24, 2.45) is 0 Å². The van der Waals surface area contributed by atoms with Crippen LogP contribution in [-0.2, 0) is 0 Å². The van der Waals surface area contributed by atoms with Crippen LogP contribution in [0.5, 0.6) is 5.88 Å². The first kappa shape index (κ1) is 10.6. The lowest BCUT2D eigenvalue weighted by Crippen LogP contribution is -1.89. The van der Waals surface area contributed by atoms with Crippen LogP contribution < -0.4 is 4.74 Å². The molecule has 1 N–H and O–H groups in total. The highest BCUT2D eigenvalue weighted by Crippen LogP contribution is 2.29. The van der Waals surface area contributed by atoms with Gasteiger partial charge in [-0.25, -0.2) is 9.78 Å². The number of carboxylic acid groups (broad SMARTS) is 1. The maximum absolute atomic E-state index is 10.7. The molecule has 2 rings (SSSR count). The van der Waals surface area contributed by atoms with Crippen molar-refractivity contribution in [3.63, 3.8) is 0 Å². The summed E-state index contributed by atoms with van der Waals surface area (Å²) in [5.74, 6) is -0.389. The lowest BCUT2D eigenvalue weighted by atomic mass is 10.2. The first-order chi connectivity index (χ1) is 7.70. The number of carbonyl (C=O) groups is 1. The second-order valence-electron chi connectivity index (χ2n) is 3.06. The van der Waals surface area contributed by atoms with E-state index in [2.05, 4.69) is 4.98 Å². The van der Waals surface area contributed by atoms with Crippen molar-refractivity contribution in [2.75, 3.05) is 7.11 Å². The zero-order valence-corrected chi connectivity index (χ0v) is 9.32. The van der Waals surface area contributed by atoms with E-state index in [-0.39, 0.29) is 0 Å². The number of ether oxygens (including phenoxy) is 1. The standard InChI is InChI=1S/C11H9NO3S/c1-15-10-6-7(4-5-12-10)8-2-3-9(16-8)11(13)14/h2-6H,1H3,(H,13,14). The Labute approximate surface area is 96.1 Å². The van der Waals surface area contributed by atoms with E-state index in [9.17, 15) is 4.79 Å². The molecule has 0 aliphatic rings. The van der Waals surface area contributed by atoms with Crippen molar-refractivity contribution in [3.8, 4) is 16.3 Å². The van der Waals surface area contributed by atoms with Crippen molar-refractivity contribution in [1.29, 1.82) is 0 Å². The van der Waals surface area contributed by atoms with E-state index >= 15 is 0 Å². The van der Waals surface area contributed by atoms with Gasteiger partial charge in [0.25, 0.3) is 0 Å². The molecule has 0 aliphatic carbocycles. The molecule has 0 saturated carbocycles. The van der Waals surface area contributed by atoms with Crippen LogP contribution >= 0.6 is 11.3 Å². The van der Waals surface area contributed by atoms with Crippen LogP contribution in [0.2, 0.25) is 0 Å². The largest absolute Gasteiger partial charge is 0.481 e. The van der Waals surface area contributed by atoms with Gasteiger partial charge in [-0.15, -0.1) is 11.3 Å². The third-order valence-electron chi connectivity index (χ3n) is 2.05. The minimum absolute atomic E-state index is 0.325. The first-order valence-electron chi connectivity index (χ1n) is 4.54. The van der Waals surface area contributed by atoms with Crippen LogP contribution in [-0.4, -0.2) is 23.2 Å². The predicted molar refractivity (Wildman–Crippen MR) is 61.1 cm³/mol. The van der Waals surface area contributed by atoms with E-state index in [0.717, 1.165) is 10.4 Å². The third-order valence-corrected chi connectivity index (χ3v) is 3.17. The molecule has 5 heteroatoms. The van der Waals surface area contributed by atoms with Gasteiger partial charge in [0.2, 0.25) is 5.88 Å². The van der Waals surface area contributed by atoms with Gasteiger partial charge < -0.3 is 9.84 Å². The maximum atomic E-state index is 10.7. The van der Waals surface area contributed by atoms with E-state index in [1.807, 2.05) is 6.07 Å². The van der Waals surface area contributed by atoms with Gasteiger partial charge in [0.15, 0.2) is 0 Å². The van der Waals surface area contributed by atoms with E-state index < -0.39 is 5.97 Å². The van der Waals surface area contributed by atoms with Gasteiger partial charge in [-0.2, -0.15) is 0 Å². The molecule has 0 aliphatic heterocycles. The Balaban J connectivity index is 2.38. The first-order valence-corrected chi connectivity index (χ1v) is 5.36. The molecule has 0 fully saturated rings. The highest BCUT2D eigenvalue weighted by atomic mass is 32.1. The quantitative estimate of drug-likeness (QED) is 0.888. The summed E-state index contributed by atoms with van der Waals surface area (Å²) in [5, 5.41) is 8.82. The molecule has 0 atom stereocenters. The maximum Gasteiger partial charge on any atom is 0.345 e. The van der Waals surface area contributed by atoms with E-state index in [0.29, 0.717) is 10.8 Å². The molecule has 2 aromatic rings. The number of thiophene rings is 1. The fraction of sp³-hybridized carbons (Fsp3) is 0.0909. The predicted octanol–water partition coefficient (Wildman–Crippen LogP) is 2.52. The number of aromatic nitrogens is 1. The fourth-order valence-electron chi connectivity index (χ4n) is 1.28. The summed E-state index contributed by atoms with van der Waals surface area (Å²) in [4.78, 5) is 15.9. The van der Waals surface area contributed by atoms with Crippen LogP contribution in [0.4, 0.5) is 0 Å². The van der Waals surface area contributed by atoms with E-state index in [4.69, 9.17) is 9.84 Å². The lowest BCUT2D eigenvalue weighted by Gasteiger charge is -2.00. The van der Waals surface area contributed by atoms with Gasteiger partial charge in [-0.1, -0.05) is 0 Å². The SMILES string of the molecule is COc1cc(-c2ccc(C(=O)O)s2)ccn1. The molecule has 0 saturated heterocycles. The zero-order valence-electron chi connectivity index (χ0n) is 8.51. The van der Waals surface area contributed by atoms with Gasteiger partial charge >= 0.3 is 5.97 Å². The van der Waals surface area contributed by atoms with Crippen LogP contribution in [0, 0.1) is 0 Å². The molecule has 82 valence electrons. The number of hydrogen-bond acceptors (Lipinski definition) is 4. The summed E-state index contributed by atoms with van der Waals surface area (Å²) in [6.07, 6.45) is 1.63. The number of hydrogen-bond donors (Lipinski definition) is 1. The second-order valence-corrected chi connectivity index (χ2v) is 4.14. The smallest absolute Gasteiger partial charge is 0.345 e. The topological polar surface area (TPSA) is 59.4 Å². The van der Waals surface area contributed by atoms with Gasteiger partial charge in [-0.3, -0.25) is 0 Å².